The van der Waals surface area contributed by atoms with E-state index in [1.165, 1.54) is 12.8 Å². The van der Waals surface area contributed by atoms with Gasteiger partial charge in [0, 0.05) is 18.8 Å². The summed E-state index contributed by atoms with van der Waals surface area (Å²) in [7, 11) is 0. The molecular weight excluding hydrogens is 317 g/mol. The Balaban J connectivity index is 1.85. The van der Waals surface area contributed by atoms with Crippen molar-refractivity contribution in [1.82, 2.24) is 14.9 Å². The highest BCUT2D eigenvalue weighted by Crippen LogP contribution is 2.10. The average Bonchev–Trinajstić information content (AvgIpc) is 2.77. The van der Waals surface area contributed by atoms with Crippen molar-refractivity contribution < 1.29 is 0 Å². The minimum Gasteiger partial charge on any atom is -0.314 e. The Bertz CT molecular complexity index is 398. The number of nitrogens with zero attached hydrogens (tertiary/aromatic N) is 2. The van der Waals surface area contributed by atoms with Gasteiger partial charge < -0.3 is 5.32 Å². The lowest BCUT2D eigenvalue weighted by Gasteiger charge is -2.10. The molecule has 1 aliphatic heterocycles. The molecule has 0 spiro atoms. The zero-order valence-corrected chi connectivity index (χ0v) is 11.3. The molecule has 1 aromatic heterocycles. The van der Waals surface area contributed by atoms with Gasteiger partial charge in [-0.25, -0.2) is 4.98 Å². The lowest BCUT2D eigenvalue weighted by Crippen LogP contribution is -2.25. The maximum atomic E-state index is 11.7. The van der Waals surface area contributed by atoms with Crippen molar-refractivity contribution in [1.29, 1.82) is 0 Å². The Hall–Kier alpha value is -0.430. The van der Waals surface area contributed by atoms with Gasteiger partial charge >= 0.3 is 0 Å². The van der Waals surface area contributed by atoms with E-state index in [-0.39, 0.29) is 5.56 Å². The molecule has 1 unspecified atom stereocenters. The van der Waals surface area contributed by atoms with Crippen LogP contribution in [0.3, 0.4) is 0 Å². The molecule has 1 aliphatic rings. The molecule has 1 saturated heterocycles. The summed E-state index contributed by atoms with van der Waals surface area (Å²) in [5.41, 5.74) is 0.0787. The molecule has 1 fully saturated rings. The monoisotopic (exact) mass is 333 g/mol. The molecule has 0 aliphatic carbocycles. The minimum absolute atomic E-state index is 0.0787. The normalized spacial score (nSPS) is 20.2. The fraction of sp³-hybridized carbons (Fsp3) is 0.636. The van der Waals surface area contributed by atoms with E-state index in [1.807, 2.05) is 22.6 Å². The second-order valence-electron chi connectivity index (χ2n) is 4.18. The molecule has 0 bridgehead atoms. The zero-order valence-electron chi connectivity index (χ0n) is 9.16. The highest BCUT2D eigenvalue weighted by atomic mass is 127. The Morgan fingerprint density at radius 1 is 1.62 bits per heavy atom. The van der Waals surface area contributed by atoms with Gasteiger partial charge in [-0.3, -0.25) is 9.36 Å². The third kappa shape index (κ3) is 3.04. The first-order chi connectivity index (χ1) is 7.77. The minimum atomic E-state index is 0.0787. The molecule has 1 atom stereocenters. The van der Waals surface area contributed by atoms with Crippen LogP contribution < -0.4 is 10.9 Å². The van der Waals surface area contributed by atoms with Gasteiger partial charge in [-0.15, -0.1) is 0 Å². The summed E-state index contributed by atoms with van der Waals surface area (Å²) in [6.07, 6.45) is 8.00. The summed E-state index contributed by atoms with van der Waals surface area (Å²) in [6.45, 7) is 1.93. The number of aryl methyl sites for hydroxylation is 1. The van der Waals surface area contributed by atoms with Crippen LogP contribution in [-0.2, 0) is 6.54 Å². The first-order valence-corrected chi connectivity index (χ1v) is 6.78. The third-order valence-electron chi connectivity index (χ3n) is 2.97. The van der Waals surface area contributed by atoms with Crippen LogP contribution in [0, 0.1) is 3.57 Å². The van der Waals surface area contributed by atoms with Crippen LogP contribution in [0.25, 0.3) is 0 Å². The van der Waals surface area contributed by atoms with Gasteiger partial charge in [-0.2, -0.15) is 0 Å². The first kappa shape index (κ1) is 12.0. The Morgan fingerprint density at radius 2 is 2.50 bits per heavy atom. The van der Waals surface area contributed by atoms with E-state index in [1.54, 1.807) is 17.1 Å². The van der Waals surface area contributed by atoms with Crippen LogP contribution in [0.15, 0.2) is 17.3 Å². The number of hydrogen-bond donors (Lipinski definition) is 1. The van der Waals surface area contributed by atoms with Crippen molar-refractivity contribution in [2.75, 3.05) is 6.54 Å². The average molecular weight is 333 g/mol. The molecule has 0 radical (unpaired) electrons. The summed E-state index contributed by atoms with van der Waals surface area (Å²) >= 11 is 2.03. The fourth-order valence-electron chi connectivity index (χ4n) is 2.09. The largest absolute Gasteiger partial charge is 0.314 e. The molecule has 0 aromatic carbocycles. The molecule has 5 heteroatoms. The predicted molar refractivity (Wildman–Crippen MR) is 71.5 cm³/mol. The van der Waals surface area contributed by atoms with E-state index in [2.05, 4.69) is 10.3 Å². The topological polar surface area (TPSA) is 46.9 Å². The van der Waals surface area contributed by atoms with Crippen molar-refractivity contribution >= 4 is 22.6 Å². The maximum absolute atomic E-state index is 11.7. The van der Waals surface area contributed by atoms with E-state index < -0.39 is 0 Å². The van der Waals surface area contributed by atoms with E-state index in [9.17, 15) is 4.79 Å². The van der Waals surface area contributed by atoms with Crippen LogP contribution in [0.1, 0.15) is 25.7 Å². The summed E-state index contributed by atoms with van der Waals surface area (Å²) in [4.78, 5) is 15.7. The fourth-order valence-corrected chi connectivity index (χ4v) is 2.57. The SMILES string of the molecule is O=c1c(I)cncn1CCCC1CCCN1. The van der Waals surface area contributed by atoms with Crippen LogP contribution in [0.4, 0.5) is 0 Å². The number of nitrogens with one attached hydrogen (secondary N) is 1. The van der Waals surface area contributed by atoms with Crippen LogP contribution in [0.5, 0.6) is 0 Å². The second-order valence-corrected chi connectivity index (χ2v) is 5.34. The van der Waals surface area contributed by atoms with Gasteiger partial charge in [0.05, 0.1) is 9.90 Å². The zero-order chi connectivity index (χ0) is 11.4. The van der Waals surface area contributed by atoms with Gasteiger partial charge in [0.15, 0.2) is 0 Å². The Morgan fingerprint density at radius 3 is 3.25 bits per heavy atom. The summed E-state index contributed by atoms with van der Waals surface area (Å²) in [5.74, 6) is 0. The first-order valence-electron chi connectivity index (χ1n) is 5.70. The third-order valence-corrected chi connectivity index (χ3v) is 3.71. The van der Waals surface area contributed by atoms with Gasteiger partial charge in [-0.1, -0.05) is 0 Å². The molecular formula is C11H16IN3O. The number of halogens is 1. The van der Waals surface area contributed by atoms with E-state index >= 15 is 0 Å². The molecule has 2 rings (SSSR count). The molecule has 1 N–H and O–H groups in total. The second kappa shape index (κ2) is 5.77. The van der Waals surface area contributed by atoms with Crippen molar-refractivity contribution in [2.45, 2.75) is 38.3 Å². The van der Waals surface area contributed by atoms with Gasteiger partial charge in [0.2, 0.25) is 0 Å². The van der Waals surface area contributed by atoms with Crippen molar-refractivity contribution in [2.24, 2.45) is 0 Å². The van der Waals surface area contributed by atoms with Gasteiger partial charge in [-0.05, 0) is 54.8 Å². The maximum Gasteiger partial charge on any atom is 0.266 e. The van der Waals surface area contributed by atoms with Crippen LogP contribution in [-0.4, -0.2) is 22.1 Å². The van der Waals surface area contributed by atoms with E-state index in [4.69, 9.17) is 0 Å². The summed E-state index contributed by atoms with van der Waals surface area (Å²) in [6, 6.07) is 0.659. The van der Waals surface area contributed by atoms with Crippen LogP contribution >= 0.6 is 22.6 Å². The highest BCUT2D eigenvalue weighted by Gasteiger charge is 2.13. The molecule has 1 aromatic rings. The highest BCUT2D eigenvalue weighted by molar-refractivity contribution is 14.1. The Labute approximate surface area is 109 Å². The molecule has 4 nitrogen and oxygen atoms in total. The smallest absolute Gasteiger partial charge is 0.266 e. The lowest BCUT2D eigenvalue weighted by molar-refractivity contribution is 0.494. The van der Waals surface area contributed by atoms with Gasteiger partial charge in [0.25, 0.3) is 5.56 Å². The Kier molecular flexibility index (Phi) is 4.34. The number of hydrogen-bond acceptors (Lipinski definition) is 3. The van der Waals surface area contributed by atoms with Crippen molar-refractivity contribution in [3.63, 3.8) is 0 Å². The molecule has 2 heterocycles. The van der Waals surface area contributed by atoms with Gasteiger partial charge in [0.1, 0.15) is 0 Å². The van der Waals surface area contributed by atoms with Crippen molar-refractivity contribution in [3.8, 4) is 0 Å². The van der Waals surface area contributed by atoms with E-state index in [0.29, 0.717) is 9.61 Å². The standard InChI is InChI=1S/C11H16IN3O/c12-10-7-13-8-15(11(10)16)6-2-4-9-3-1-5-14-9/h7-9,14H,1-6H2. The number of rotatable bonds is 4. The molecule has 16 heavy (non-hydrogen) atoms. The number of aromatic nitrogens is 2. The predicted octanol–water partition coefficient (Wildman–Crippen LogP) is 1.38. The lowest BCUT2D eigenvalue weighted by atomic mass is 10.1. The molecule has 0 saturated carbocycles. The molecule has 88 valence electrons. The molecule has 0 amide bonds. The summed E-state index contributed by atoms with van der Waals surface area (Å²) in [5, 5.41) is 3.46. The van der Waals surface area contributed by atoms with E-state index in [0.717, 1.165) is 25.9 Å². The van der Waals surface area contributed by atoms with Crippen molar-refractivity contribution in [3.05, 3.63) is 26.4 Å². The summed E-state index contributed by atoms with van der Waals surface area (Å²) < 4.78 is 2.40. The van der Waals surface area contributed by atoms with Crippen LogP contribution in [0.2, 0.25) is 0 Å². The quantitative estimate of drug-likeness (QED) is 0.847.